The average molecular weight is 489 g/mol. The second kappa shape index (κ2) is 10.3. The third-order valence-corrected chi connectivity index (χ3v) is 6.94. The molecule has 0 amide bonds. The number of ether oxygens (including phenoxy) is 1. The summed E-state index contributed by atoms with van der Waals surface area (Å²) in [7, 11) is 0. The van der Waals surface area contributed by atoms with Gasteiger partial charge in [-0.15, -0.1) is 0 Å². The molecule has 0 saturated carbocycles. The molecule has 0 spiro atoms. The van der Waals surface area contributed by atoms with Crippen molar-refractivity contribution in [2.75, 3.05) is 36.0 Å². The molecule has 36 heavy (non-hydrogen) atoms. The lowest BCUT2D eigenvalue weighted by atomic mass is 9.80. The van der Waals surface area contributed by atoms with Gasteiger partial charge in [0.05, 0.1) is 11.1 Å². The van der Waals surface area contributed by atoms with Gasteiger partial charge in [0.2, 0.25) is 0 Å². The third kappa shape index (κ3) is 4.49. The Hall–Kier alpha value is -4.00. The minimum atomic E-state index is -1.16. The Balaban J connectivity index is 1.95. The van der Waals surface area contributed by atoms with Gasteiger partial charge in [0.1, 0.15) is 11.5 Å². The van der Waals surface area contributed by atoms with Crippen LogP contribution in [0.2, 0.25) is 0 Å². The molecule has 7 heteroatoms. The molecule has 0 atom stereocenters. The van der Waals surface area contributed by atoms with Gasteiger partial charge in [-0.05, 0) is 57.5 Å². The maximum atomic E-state index is 12.3. The second-order valence-corrected chi connectivity index (χ2v) is 8.74. The van der Waals surface area contributed by atoms with Crippen molar-refractivity contribution in [3.05, 3.63) is 82.4 Å². The predicted molar refractivity (Wildman–Crippen MR) is 141 cm³/mol. The predicted octanol–water partition coefficient (Wildman–Crippen LogP) is 6.06. The maximum Gasteiger partial charge on any atom is 0.336 e. The van der Waals surface area contributed by atoms with Crippen LogP contribution in [0.5, 0.6) is 11.5 Å². The van der Waals surface area contributed by atoms with Crippen LogP contribution in [0, 0.1) is 0 Å². The molecule has 1 aliphatic heterocycles. The molecule has 1 heterocycles. The van der Waals surface area contributed by atoms with Crippen molar-refractivity contribution in [2.45, 2.75) is 33.6 Å². The molecule has 0 aromatic heterocycles. The van der Waals surface area contributed by atoms with Gasteiger partial charge in [0, 0.05) is 66.7 Å². The molecule has 0 fully saturated rings. The minimum absolute atomic E-state index is 0.0284. The van der Waals surface area contributed by atoms with Gasteiger partial charge in [0.15, 0.2) is 0 Å². The number of fused-ring (bicyclic) bond motifs is 2. The number of rotatable bonds is 9. The standard InChI is InChI=1S/C29H32N2O5/c1-5-30(6-2)19-10-13-22-25(16-19)36-26-17-20(31(7-3)8-4)11-14-23(26)27(22)21-12-9-18(28(32)33)15-24(21)29(34)35/h9-17,27H,5-8H2,1-4H3,(H,32,33)(H,34,35). The number of aromatic carboxylic acids is 2. The first-order chi connectivity index (χ1) is 17.3. The van der Waals surface area contributed by atoms with Crippen LogP contribution in [0.4, 0.5) is 11.4 Å². The van der Waals surface area contributed by atoms with Gasteiger partial charge in [-0.3, -0.25) is 0 Å². The van der Waals surface area contributed by atoms with Gasteiger partial charge in [0.25, 0.3) is 0 Å². The summed E-state index contributed by atoms with van der Waals surface area (Å²) in [6, 6.07) is 16.4. The lowest BCUT2D eigenvalue weighted by molar-refractivity contribution is 0.0695. The Bertz CT molecular complexity index is 1230. The highest BCUT2D eigenvalue weighted by molar-refractivity contribution is 5.95. The van der Waals surface area contributed by atoms with Crippen molar-refractivity contribution in [3.63, 3.8) is 0 Å². The maximum absolute atomic E-state index is 12.3. The van der Waals surface area contributed by atoms with E-state index in [4.69, 9.17) is 4.74 Å². The van der Waals surface area contributed by atoms with Crippen LogP contribution in [0.3, 0.4) is 0 Å². The van der Waals surface area contributed by atoms with Crippen molar-refractivity contribution in [1.29, 1.82) is 0 Å². The van der Waals surface area contributed by atoms with Gasteiger partial charge in [-0.1, -0.05) is 18.2 Å². The smallest absolute Gasteiger partial charge is 0.336 e. The summed E-state index contributed by atoms with van der Waals surface area (Å²) in [5, 5.41) is 19.5. The Kier molecular flexibility index (Phi) is 7.20. The van der Waals surface area contributed by atoms with E-state index in [9.17, 15) is 19.8 Å². The molecule has 0 radical (unpaired) electrons. The van der Waals surface area contributed by atoms with Gasteiger partial charge < -0.3 is 24.7 Å². The van der Waals surface area contributed by atoms with Gasteiger partial charge >= 0.3 is 11.9 Å². The molecule has 4 rings (SSSR count). The van der Waals surface area contributed by atoms with E-state index in [1.807, 2.05) is 36.4 Å². The molecule has 0 aliphatic carbocycles. The molecular formula is C29H32N2O5. The quantitative estimate of drug-likeness (QED) is 0.296. The molecule has 0 bridgehead atoms. The van der Waals surface area contributed by atoms with Crippen LogP contribution in [0.1, 0.15) is 71.0 Å². The summed E-state index contributed by atoms with van der Waals surface area (Å²) in [5.74, 6) is -1.40. The van der Waals surface area contributed by atoms with E-state index in [-0.39, 0.29) is 11.1 Å². The van der Waals surface area contributed by atoms with Gasteiger partial charge in [-0.2, -0.15) is 0 Å². The van der Waals surface area contributed by atoms with E-state index >= 15 is 0 Å². The molecule has 188 valence electrons. The van der Waals surface area contributed by atoms with E-state index in [0.29, 0.717) is 17.1 Å². The van der Waals surface area contributed by atoms with Crippen LogP contribution in [-0.2, 0) is 0 Å². The zero-order chi connectivity index (χ0) is 26.0. The lowest BCUT2D eigenvalue weighted by Crippen LogP contribution is -2.23. The van der Waals surface area contributed by atoms with E-state index in [1.165, 1.54) is 12.1 Å². The lowest BCUT2D eigenvalue weighted by Gasteiger charge is -2.32. The minimum Gasteiger partial charge on any atom is -0.478 e. The number of benzene rings is 3. The molecule has 7 nitrogen and oxygen atoms in total. The van der Waals surface area contributed by atoms with Crippen LogP contribution < -0.4 is 14.5 Å². The Morgan fingerprint density at radius 3 is 1.58 bits per heavy atom. The number of hydrogen-bond donors (Lipinski definition) is 2. The summed E-state index contributed by atoms with van der Waals surface area (Å²) < 4.78 is 6.46. The molecule has 0 saturated heterocycles. The first-order valence-electron chi connectivity index (χ1n) is 12.4. The number of carboxylic acids is 2. The van der Waals surface area contributed by atoms with E-state index in [1.54, 1.807) is 6.07 Å². The second-order valence-electron chi connectivity index (χ2n) is 8.74. The largest absolute Gasteiger partial charge is 0.478 e. The Morgan fingerprint density at radius 2 is 1.17 bits per heavy atom. The summed E-state index contributed by atoms with van der Waals surface area (Å²) in [5.41, 5.74) is 4.20. The number of hydrogen-bond acceptors (Lipinski definition) is 5. The summed E-state index contributed by atoms with van der Waals surface area (Å²) >= 11 is 0. The molecule has 3 aromatic carbocycles. The molecule has 1 aliphatic rings. The van der Waals surface area contributed by atoms with Crippen molar-refractivity contribution >= 4 is 23.3 Å². The van der Waals surface area contributed by atoms with E-state index in [2.05, 4.69) is 37.5 Å². The average Bonchev–Trinajstić information content (AvgIpc) is 2.88. The van der Waals surface area contributed by atoms with Crippen molar-refractivity contribution in [3.8, 4) is 11.5 Å². The number of anilines is 2. The van der Waals surface area contributed by atoms with E-state index < -0.39 is 17.9 Å². The van der Waals surface area contributed by atoms with Crippen LogP contribution in [0.25, 0.3) is 0 Å². The fraction of sp³-hybridized carbons (Fsp3) is 0.310. The molecule has 2 N–H and O–H groups in total. The van der Waals surface area contributed by atoms with Crippen LogP contribution in [0.15, 0.2) is 54.6 Å². The number of carboxylic acid groups (broad SMARTS) is 2. The monoisotopic (exact) mass is 488 g/mol. The van der Waals surface area contributed by atoms with Crippen molar-refractivity contribution < 1.29 is 24.5 Å². The number of nitrogens with zero attached hydrogens (tertiary/aromatic N) is 2. The highest BCUT2D eigenvalue weighted by Crippen LogP contribution is 2.50. The van der Waals surface area contributed by atoms with E-state index in [0.717, 1.165) is 48.7 Å². The highest BCUT2D eigenvalue weighted by atomic mass is 16.5. The fourth-order valence-electron chi connectivity index (χ4n) is 5.02. The normalized spacial score (nSPS) is 12.3. The first kappa shape index (κ1) is 25.1. The SMILES string of the molecule is CCN(CC)c1ccc2c(c1)Oc1cc(N(CC)CC)ccc1C2c1ccc(C(=O)O)cc1C(=O)O. The first-order valence-corrected chi connectivity index (χ1v) is 12.4. The Labute approximate surface area is 211 Å². The zero-order valence-corrected chi connectivity index (χ0v) is 21.1. The highest BCUT2D eigenvalue weighted by Gasteiger charge is 2.33. The third-order valence-electron chi connectivity index (χ3n) is 6.94. The fourth-order valence-corrected chi connectivity index (χ4v) is 5.02. The zero-order valence-electron chi connectivity index (χ0n) is 21.1. The number of carbonyl (C=O) groups is 2. The van der Waals surface area contributed by atoms with Crippen molar-refractivity contribution in [1.82, 2.24) is 0 Å². The van der Waals surface area contributed by atoms with Crippen molar-refractivity contribution in [2.24, 2.45) is 0 Å². The van der Waals surface area contributed by atoms with Crippen LogP contribution >= 0.6 is 0 Å². The molecule has 0 unspecified atom stereocenters. The van der Waals surface area contributed by atoms with Crippen LogP contribution in [-0.4, -0.2) is 48.3 Å². The molecular weight excluding hydrogens is 456 g/mol. The summed E-state index contributed by atoms with van der Waals surface area (Å²) in [6.07, 6.45) is 0. The molecule has 3 aromatic rings. The summed E-state index contributed by atoms with van der Waals surface area (Å²) in [4.78, 5) is 28.3. The van der Waals surface area contributed by atoms with Gasteiger partial charge in [-0.25, -0.2) is 9.59 Å². The topological polar surface area (TPSA) is 90.3 Å². The Morgan fingerprint density at radius 1 is 0.694 bits per heavy atom. The summed E-state index contributed by atoms with van der Waals surface area (Å²) in [6.45, 7) is 11.8.